The summed E-state index contributed by atoms with van der Waals surface area (Å²) in [4.78, 5) is 12.8. The van der Waals surface area contributed by atoms with Gasteiger partial charge in [-0.2, -0.15) is 12.7 Å². The predicted octanol–water partition coefficient (Wildman–Crippen LogP) is 4.60. The molecule has 0 aliphatic carbocycles. The first-order valence-corrected chi connectivity index (χ1v) is 15.7. The molecule has 1 atom stereocenters. The fraction of sp³-hybridized carbons (Fsp3) is 0.367. The lowest BCUT2D eigenvalue weighted by molar-refractivity contribution is -0.143. The molecule has 5 rings (SSSR count). The third-order valence-corrected chi connectivity index (χ3v) is 9.18. The van der Waals surface area contributed by atoms with E-state index in [9.17, 15) is 18.3 Å². The zero-order chi connectivity index (χ0) is 30.7. The number of fused-ring (bicyclic) bond motifs is 2. The summed E-state index contributed by atoms with van der Waals surface area (Å²) in [7, 11) is -4.13. The van der Waals surface area contributed by atoms with Crippen molar-refractivity contribution in [1.29, 1.82) is 0 Å². The van der Waals surface area contributed by atoms with Crippen LogP contribution in [0.1, 0.15) is 59.9 Å². The van der Waals surface area contributed by atoms with Crippen LogP contribution >= 0.6 is 11.6 Å². The molecule has 11 nitrogen and oxygen atoms in total. The number of hydrogen-bond donors (Lipinski definition) is 2. The van der Waals surface area contributed by atoms with Crippen LogP contribution in [0.4, 0.5) is 0 Å². The number of aliphatic hydroxyl groups is 1. The Hall–Kier alpha value is -3.71. The lowest BCUT2D eigenvalue weighted by Crippen LogP contribution is -2.37. The Balaban J connectivity index is 1.50. The molecule has 0 bridgehead atoms. The highest BCUT2D eigenvalue weighted by Gasteiger charge is 2.33. The number of unbranched alkanes of at least 4 members (excludes halogenated alkanes) is 1. The second-order valence-corrected chi connectivity index (χ2v) is 12.4. The average molecular weight is 629 g/mol. The molecule has 2 heterocycles. The molecule has 0 radical (unpaired) electrons. The van der Waals surface area contributed by atoms with E-state index in [1.165, 1.54) is 18.2 Å². The van der Waals surface area contributed by atoms with E-state index in [0.717, 1.165) is 32.9 Å². The first-order chi connectivity index (χ1) is 20.6. The lowest BCUT2D eigenvalue weighted by atomic mass is 9.85. The molecule has 0 saturated heterocycles. The zero-order valence-electron chi connectivity index (χ0n) is 23.9. The van der Waals surface area contributed by atoms with Gasteiger partial charge in [0.25, 0.3) is 0 Å². The number of rotatable bonds is 11. The van der Waals surface area contributed by atoms with Gasteiger partial charge in [-0.1, -0.05) is 35.0 Å². The maximum atomic E-state index is 13.0. The molecule has 13 heteroatoms. The van der Waals surface area contributed by atoms with Gasteiger partial charge < -0.3 is 19.1 Å². The van der Waals surface area contributed by atoms with Crippen LogP contribution in [0.5, 0.6) is 11.5 Å². The van der Waals surface area contributed by atoms with Gasteiger partial charge in [0.05, 0.1) is 18.5 Å². The molecule has 0 spiro atoms. The number of aliphatic hydroxyl groups excluding tert-OH is 1. The number of nitrogens with zero attached hydrogens (tertiary/aromatic N) is 4. The topological polar surface area (TPSA) is 144 Å². The van der Waals surface area contributed by atoms with Crippen molar-refractivity contribution < 1.29 is 32.3 Å². The minimum Gasteiger partial charge on any atom is -0.508 e. The number of ether oxygens (including phenoxy) is 1. The summed E-state index contributed by atoms with van der Waals surface area (Å²) in [5, 5.41) is 28.1. The highest BCUT2D eigenvalue weighted by Crippen LogP contribution is 2.37. The van der Waals surface area contributed by atoms with Crippen molar-refractivity contribution >= 4 is 38.9 Å². The van der Waals surface area contributed by atoms with Crippen LogP contribution in [0.25, 0.3) is 11.0 Å². The number of aryl methyl sites for hydroxylation is 2. The van der Waals surface area contributed by atoms with E-state index in [-0.39, 0.29) is 50.2 Å². The molecule has 0 saturated carbocycles. The smallest absolute Gasteiger partial charge is 0.385 e. The minimum atomic E-state index is -4.13. The summed E-state index contributed by atoms with van der Waals surface area (Å²) in [6.07, 6.45) is 1.47. The van der Waals surface area contributed by atoms with Crippen LogP contribution in [-0.4, -0.2) is 57.1 Å². The molecule has 43 heavy (non-hydrogen) atoms. The highest BCUT2D eigenvalue weighted by molar-refractivity contribution is 7.84. The lowest BCUT2D eigenvalue weighted by Gasteiger charge is -2.28. The summed E-state index contributed by atoms with van der Waals surface area (Å²) < 4.78 is 39.5. The highest BCUT2D eigenvalue weighted by atomic mass is 35.5. The standard InChI is InChI=1S/C30H33ClN4O7S/c1-3-41-29(38)16-25(24-8-10-27-30(19(24)2)32-33-35(27)12-4-5-13-36)20-6-9-26(31)21(14-20)17-34-18-22-15-23(37)7-11-28(22)42-43(34,39)40/h6-11,14-15,25,36-37H,3-5,12-13,16-18H2,1-2H3. The van der Waals surface area contributed by atoms with Gasteiger partial charge in [-0.15, -0.1) is 5.10 Å². The van der Waals surface area contributed by atoms with E-state index in [4.69, 9.17) is 25.6 Å². The number of phenols is 1. The number of aromatic hydroxyl groups is 1. The van der Waals surface area contributed by atoms with Gasteiger partial charge >= 0.3 is 16.3 Å². The van der Waals surface area contributed by atoms with Crippen LogP contribution in [0.2, 0.25) is 5.02 Å². The van der Waals surface area contributed by atoms with E-state index in [2.05, 4.69) is 10.3 Å². The van der Waals surface area contributed by atoms with Crippen molar-refractivity contribution in [1.82, 2.24) is 19.3 Å². The first kappa shape index (κ1) is 30.7. The average Bonchev–Trinajstić information content (AvgIpc) is 3.38. The normalized spacial score (nSPS) is 15.2. The molecule has 1 aliphatic heterocycles. The molecular weight excluding hydrogens is 596 g/mol. The Morgan fingerprint density at radius 2 is 1.98 bits per heavy atom. The summed E-state index contributed by atoms with van der Waals surface area (Å²) >= 11 is 6.57. The van der Waals surface area contributed by atoms with Gasteiger partial charge in [0, 0.05) is 42.7 Å². The Labute approximate surface area is 254 Å². The number of carbonyl (C=O) groups is 1. The molecule has 0 fully saturated rings. The van der Waals surface area contributed by atoms with Crippen molar-refractivity contribution in [2.45, 2.75) is 58.7 Å². The second-order valence-electron chi connectivity index (χ2n) is 10.4. The number of halogens is 1. The number of aromatic nitrogens is 3. The van der Waals surface area contributed by atoms with E-state index >= 15 is 0 Å². The molecule has 1 unspecified atom stereocenters. The molecule has 3 aromatic carbocycles. The SMILES string of the molecule is CCOC(=O)CC(c1ccc(Cl)c(CN2Cc3cc(O)ccc3OS2(=O)=O)c1)c1ccc2c(nnn2CCCCO)c1C. The maximum absolute atomic E-state index is 13.0. The Morgan fingerprint density at radius 1 is 1.16 bits per heavy atom. The van der Waals surface area contributed by atoms with E-state index < -0.39 is 16.2 Å². The van der Waals surface area contributed by atoms with Gasteiger partial charge in [-0.3, -0.25) is 4.79 Å². The van der Waals surface area contributed by atoms with E-state index in [1.54, 1.807) is 19.1 Å². The van der Waals surface area contributed by atoms with Gasteiger partial charge in [-0.25, -0.2) is 4.68 Å². The largest absolute Gasteiger partial charge is 0.508 e. The Morgan fingerprint density at radius 3 is 2.74 bits per heavy atom. The summed E-state index contributed by atoms with van der Waals surface area (Å²) in [6.45, 7) is 4.56. The van der Waals surface area contributed by atoms with Crippen LogP contribution in [0, 0.1) is 6.92 Å². The maximum Gasteiger partial charge on any atom is 0.385 e. The van der Waals surface area contributed by atoms with E-state index in [0.29, 0.717) is 34.6 Å². The fourth-order valence-corrected chi connectivity index (χ4v) is 6.62. The van der Waals surface area contributed by atoms with Crippen molar-refractivity contribution in [3.8, 4) is 11.5 Å². The van der Waals surface area contributed by atoms with Gasteiger partial charge in [0.1, 0.15) is 17.0 Å². The molecular formula is C30H33ClN4O7S. The van der Waals surface area contributed by atoms with Crippen molar-refractivity contribution in [2.24, 2.45) is 0 Å². The first-order valence-electron chi connectivity index (χ1n) is 14.0. The Bertz CT molecular complexity index is 1760. The quantitative estimate of drug-likeness (QED) is 0.180. The van der Waals surface area contributed by atoms with Crippen molar-refractivity contribution in [3.05, 3.63) is 81.4 Å². The molecule has 0 amide bonds. The van der Waals surface area contributed by atoms with Crippen molar-refractivity contribution in [2.75, 3.05) is 13.2 Å². The number of benzene rings is 3. The summed E-state index contributed by atoms with van der Waals surface area (Å²) in [5.74, 6) is -0.647. The number of phenolic OH excluding ortho intramolecular Hbond substituents is 1. The molecule has 228 valence electrons. The molecule has 1 aliphatic rings. The van der Waals surface area contributed by atoms with Crippen LogP contribution in [-0.2, 0) is 39.5 Å². The molecule has 4 aromatic rings. The van der Waals surface area contributed by atoms with Gasteiger partial charge in [0.15, 0.2) is 0 Å². The van der Waals surface area contributed by atoms with Crippen LogP contribution < -0.4 is 4.18 Å². The number of esters is 1. The monoisotopic (exact) mass is 628 g/mol. The number of carbonyl (C=O) groups excluding carboxylic acids is 1. The van der Waals surface area contributed by atoms with Gasteiger partial charge in [0.2, 0.25) is 0 Å². The molecule has 1 aromatic heterocycles. The minimum absolute atomic E-state index is 0.000894. The Kier molecular flexibility index (Phi) is 9.21. The predicted molar refractivity (Wildman–Crippen MR) is 160 cm³/mol. The zero-order valence-corrected chi connectivity index (χ0v) is 25.4. The number of hydrogen-bond acceptors (Lipinski definition) is 9. The van der Waals surface area contributed by atoms with Crippen molar-refractivity contribution in [3.63, 3.8) is 0 Å². The summed E-state index contributed by atoms with van der Waals surface area (Å²) in [6, 6.07) is 13.4. The third kappa shape index (κ3) is 6.62. The van der Waals surface area contributed by atoms with Crippen LogP contribution in [0.3, 0.4) is 0 Å². The second kappa shape index (κ2) is 12.9. The van der Waals surface area contributed by atoms with Gasteiger partial charge in [-0.05, 0) is 79.3 Å². The fourth-order valence-electron chi connectivity index (χ4n) is 5.36. The van der Waals surface area contributed by atoms with Crippen LogP contribution in [0.15, 0.2) is 48.5 Å². The summed E-state index contributed by atoms with van der Waals surface area (Å²) in [5.41, 5.74) is 5.08. The molecule has 2 N–H and O–H groups in total. The van der Waals surface area contributed by atoms with E-state index in [1.807, 2.05) is 29.8 Å². The third-order valence-electron chi connectivity index (χ3n) is 7.53.